The summed E-state index contributed by atoms with van der Waals surface area (Å²) in [6.07, 6.45) is 19.4. The third-order valence-corrected chi connectivity index (χ3v) is 11.5. The summed E-state index contributed by atoms with van der Waals surface area (Å²) < 4.78 is 0. The molecule has 4 aliphatic heterocycles. The number of benzene rings is 1. The van der Waals surface area contributed by atoms with Crippen molar-refractivity contribution in [2.24, 2.45) is 11.3 Å². The first-order valence-corrected chi connectivity index (χ1v) is 16.5. The van der Waals surface area contributed by atoms with Crippen molar-refractivity contribution >= 4 is 33.2 Å². The number of pyridine rings is 1. The van der Waals surface area contributed by atoms with E-state index >= 15 is 0 Å². The average Bonchev–Trinajstić information content (AvgIpc) is 3.51. The predicted molar refractivity (Wildman–Crippen MR) is 168 cm³/mol. The van der Waals surface area contributed by atoms with E-state index in [1.807, 2.05) is 6.20 Å². The van der Waals surface area contributed by atoms with Crippen molar-refractivity contribution in [2.45, 2.75) is 88.3 Å². The van der Waals surface area contributed by atoms with Crippen molar-refractivity contribution in [3.05, 3.63) is 60.5 Å². The number of hydrogen-bond acceptors (Lipinski definition) is 5. The van der Waals surface area contributed by atoms with Crippen molar-refractivity contribution in [1.82, 2.24) is 19.8 Å². The molecule has 6 heterocycles. The van der Waals surface area contributed by atoms with Crippen molar-refractivity contribution in [3.8, 4) is 0 Å². The molecule has 2 N–H and O–H groups in total. The van der Waals surface area contributed by atoms with Gasteiger partial charge in [0.05, 0.1) is 16.8 Å². The number of rotatable bonds is 1. The number of aromatic amines is 1. The third kappa shape index (κ3) is 4.24. The second-order valence-electron chi connectivity index (χ2n) is 13.9. The van der Waals surface area contributed by atoms with Gasteiger partial charge in [-0.15, -0.1) is 0 Å². The standard InChI is InChI=1S/C36H44N4O2/c41-26-10-9-20-40-25(13-14-26)22-35-24-39-19-8-4-2-1-3-7-17-36(42,34(35)40)23-29(30(35)16-21-39)32-33-28(15-18-37-32)27-11-5-6-12-31(27)38-33/h1,3,5-6,11-12,15,18,23,25,30,34,38,42H,2,4,7-10,13-14,16-17,19-22,24H2/b3-1-/t25-,30?,34+,35-,36-/m0/s1. The van der Waals surface area contributed by atoms with E-state index in [0.717, 1.165) is 87.9 Å². The Morgan fingerprint density at radius 2 is 1.86 bits per heavy atom. The highest BCUT2D eigenvalue weighted by Gasteiger charge is 2.66. The van der Waals surface area contributed by atoms with Crippen molar-refractivity contribution in [1.29, 1.82) is 0 Å². The van der Waals surface area contributed by atoms with Crippen LogP contribution < -0.4 is 0 Å². The molecule has 1 aromatic carbocycles. The Labute approximate surface area is 248 Å². The second kappa shape index (κ2) is 10.4. The minimum Gasteiger partial charge on any atom is -0.384 e. The Hall–Kier alpha value is -2.80. The molecule has 6 nitrogen and oxygen atoms in total. The minimum atomic E-state index is -0.957. The van der Waals surface area contributed by atoms with Crippen LogP contribution in [0.3, 0.4) is 0 Å². The molecule has 2 unspecified atom stereocenters. The topological polar surface area (TPSA) is 72.5 Å². The first kappa shape index (κ1) is 26.8. The lowest BCUT2D eigenvalue weighted by Crippen LogP contribution is -2.65. The number of carbonyl (C=O) groups excluding carboxylic acids is 1. The van der Waals surface area contributed by atoms with E-state index in [9.17, 15) is 9.90 Å². The molecular formula is C36H44N4O2. The summed E-state index contributed by atoms with van der Waals surface area (Å²) in [6.45, 7) is 4.16. The molecule has 1 aliphatic carbocycles. The quantitative estimate of drug-likeness (QED) is 0.342. The Kier molecular flexibility index (Phi) is 6.65. The molecule has 8 rings (SSSR count). The molecule has 1 spiro atoms. The first-order valence-electron chi connectivity index (χ1n) is 16.5. The Morgan fingerprint density at radius 1 is 0.952 bits per heavy atom. The highest BCUT2D eigenvalue weighted by Crippen LogP contribution is 2.62. The summed E-state index contributed by atoms with van der Waals surface area (Å²) in [6, 6.07) is 11.1. The van der Waals surface area contributed by atoms with Gasteiger partial charge in [-0.2, -0.15) is 0 Å². The molecular weight excluding hydrogens is 520 g/mol. The number of ketones is 1. The third-order valence-electron chi connectivity index (χ3n) is 11.5. The maximum Gasteiger partial charge on any atom is 0.133 e. The molecule has 3 fully saturated rings. The van der Waals surface area contributed by atoms with Crippen LogP contribution in [-0.2, 0) is 4.79 Å². The SMILES string of the molecule is O=C1CCCN2[C@@H](CC1)C[C@]13CN4CCCC/C=C\CC[C@](O)(C=C(c5nccc6c5[nH]c5ccccc56)C1CC4)[C@H]23. The molecule has 3 aromatic rings. The molecule has 0 amide bonds. The summed E-state index contributed by atoms with van der Waals surface area (Å²) in [5.74, 6) is 0.744. The lowest BCUT2D eigenvalue weighted by atomic mass is 9.54. The number of nitrogens with zero attached hydrogens (tertiary/aromatic N) is 3. The molecule has 5 aliphatic rings. The normalized spacial score (nSPS) is 36.7. The number of H-pyrrole nitrogens is 1. The second-order valence-corrected chi connectivity index (χ2v) is 13.9. The average molecular weight is 565 g/mol. The maximum absolute atomic E-state index is 13.1. The summed E-state index contributed by atoms with van der Waals surface area (Å²) in [5.41, 5.74) is 3.47. The van der Waals surface area contributed by atoms with Gasteiger partial charge >= 0.3 is 0 Å². The molecule has 3 bridgehead atoms. The highest BCUT2D eigenvalue weighted by atomic mass is 16.3. The van der Waals surface area contributed by atoms with E-state index in [1.165, 1.54) is 29.2 Å². The molecule has 3 saturated heterocycles. The highest BCUT2D eigenvalue weighted by molar-refractivity contribution is 6.09. The van der Waals surface area contributed by atoms with Crippen LogP contribution in [0.2, 0.25) is 0 Å². The van der Waals surface area contributed by atoms with Crippen molar-refractivity contribution in [2.75, 3.05) is 26.2 Å². The first-order chi connectivity index (χ1) is 20.6. The number of hydrogen-bond donors (Lipinski definition) is 2. The van der Waals surface area contributed by atoms with E-state index in [1.54, 1.807) is 0 Å². The van der Waals surface area contributed by atoms with Gasteiger partial charge < -0.3 is 15.0 Å². The van der Waals surface area contributed by atoms with Crippen LogP contribution in [0.5, 0.6) is 0 Å². The van der Waals surface area contributed by atoms with Crippen LogP contribution in [0.25, 0.3) is 27.4 Å². The molecule has 6 heteroatoms. The summed E-state index contributed by atoms with van der Waals surface area (Å²) in [7, 11) is 0. The van der Waals surface area contributed by atoms with Gasteiger partial charge in [0.1, 0.15) is 5.78 Å². The van der Waals surface area contributed by atoms with Gasteiger partial charge in [0.2, 0.25) is 0 Å². The van der Waals surface area contributed by atoms with E-state index in [2.05, 4.69) is 63.3 Å². The molecule has 220 valence electrons. The monoisotopic (exact) mass is 564 g/mol. The molecule has 42 heavy (non-hydrogen) atoms. The van der Waals surface area contributed by atoms with Crippen LogP contribution >= 0.6 is 0 Å². The summed E-state index contributed by atoms with van der Waals surface area (Å²) in [5, 5.41) is 15.5. The van der Waals surface area contributed by atoms with Gasteiger partial charge in [-0.05, 0) is 107 Å². The van der Waals surface area contributed by atoms with Crippen LogP contribution in [0.15, 0.2) is 54.8 Å². The smallest absolute Gasteiger partial charge is 0.133 e. The number of aromatic nitrogens is 2. The zero-order chi connectivity index (χ0) is 28.3. The number of carbonyl (C=O) groups is 1. The van der Waals surface area contributed by atoms with Crippen molar-refractivity contribution in [3.63, 3.8) is 0 Å². The Bertz CT molecular complexity index is 1570. The fourth-order valence-corrected chi connectivity index (χ4v) is 9.86. The van der Waals surface area contributed by atoms with Crippen molar-refractivity contribution < 1.29 is 9.90 Å². The zero-order valence-corrected chi connectivity index (χ0v) is 24.7. The number of fused-ring (bicyclic) bond motifs is 5. The van der Waals surface area contributed by atoms with Gasteiger partial charge in [-0.25, -0.2) is 0 Å². The lowest BCUT2D eigenvalue weighted by molar-refractivity contribution is -0.120. The molecule has 6 atom stereocenters. The molecule has 0 saturated carbocycles. The van der Waals surface area contributed by atoms with Crippen LogP contribution in [0.4, 0.5) is 0 Å². The Balaban J connectivity index is 1.33. The molecule has 0 radical (unpaired) electrons. The van der Waals surface area contributed by atoms with Gasteiger partial charge in [0.25, 0.3) is 0 Å². The Morgan fingerprint density at radius 3 is 2.81 bits per heavy atom. The fraction of sp³-hybridized carbons (Fsp3) is 0.556. The van der Waals surface area contributed by atoms with Gasteiger partial charge in [0.15, 0.2) is 0 Å². The summed E-state index contributed by atoms with van der Waals surface area (Å²) >= 11 is 0. The van der Waals surface area contributed by atoms with Gasteiger partial charge in [-0.3, -0.25) is 14.7 Å². The predicted octanol–water partition coefficient (Wildman–Crippen LogP) is 6.26. The van der Waals surface area contributed by atoms with E-state index in [4.69, 9.17) is 4.98 Å². The lowest BCUT2D eigenvalue weighted by Gasteiger charge is -2.58. The summed E-state index contributed by atoms with van der Waals surface area (Å²) in [4.78, 5) is 26.8. The number of nitrogens with one attached hydrogen (secondary N) is 1. The molecule has 2 aromatic heterocycles. The number of piperidine rings is 1. The van der Waals surface area contributed by atoms with Crippen LogP contribution in [0, 0.1) is 11.3 Å². The van der Waals surface area contributed by atoms with Gasteiger partial charge in [-0.1, -0.05) is 30.4 Å². The minimum absolute atomic E-state index is 0.0656. The van der Waals surface area contributed by atoms with Crippen LogP contribution in [-0.4, -0.2) is 74.5 Å². The zero-order valence-electron chi connectivity index (χ0n) is 24.7. The van der Waals surface area contributed by atoms with Gasteiger partial charge in [0, 0.05) is 59.4 Å². The fourth-order valence-electron chi connectivity index (χ4n) is 9.86. The largest absolute Gasteiger partial charge is 0.384 e. The van der Waals surface area contributed by atoms with E-state index in [0.29, 0.717) is 30.6 Å². The number of allylic oxidation sites excluding steroid dienone is 3. The number of aliphatic hydroxyl groups is 1. The number of para-hydroxylation sites is 1. The van der Waals surface area contributed by atoms with E-state index < -0.39 is 5.60 Å². The van der Waals surface area contributed by atoms with E-state index in [-0.39, 0.29) is 11.5 Å². The van der Waals surface area contributed by atoms with Crippen LogP contribution in [0.1, 0.15) is 76.3 Å². The maximum atomic E-state index is 13.1. The number of Topliss-reactive ketones (excluding diaryl/α,β-unsaturated/α-hetero) is 1.